The molecule has 1 N–H and O–H groups in total. The number of nitrogens with one attached hydrogen (secondary N) is 1. The normalized spacial score (nSPS) is 16.4. The lowest BCUT2D eigenvalue weighted by molar-refractivity contribution is -0.393. The standard InChI is InChI=1S/C18H17N3O6/c22-20(23)13-4-5-14(15(10-13)21(24)25)19-18(11-1-2-11)12-3-6-16-17(9-12)27-8-7-26-16/h3-6,9-11,18-19H,1-2,7-8H2. The van der Waals surface area contributed by atoms with Gasteiger partial charge in [0.2, 0.25) is 0 Å². The minimum absolute atomic E-state index is 0.152. The second-order valence-corrected chi connectivity index (χ2v) is 6.58. The molecule has 2 aromatic rings. The molecule has 4 rings (SSSR count). The zero-order valence-corrected chi connectivity index (χ0v) is 14.3. The highest BCUT2D eigenvalue weighted by atomic mass is 16.6. The van der Waals surface area contributed by atoms with Crippen molar-refractivity contribution in [2.75, 3.05) is 18.5 Å². The van der Waals surface area contributed by atoms with Gasteiger partial charge in [-0.15, -0.1) is 0 Å². The first-order valence-electron chi connectivity index (χ1n) is 8.62. The molecular weight excluding hydrogens is 354 g/mol. The zero-order chi connectivity index (χ0) is 19.0. The van der Waals surface area contributed by atoms with Crippen LogP contribution < -0.4 is 14.8 Å². The van der Waals surface area contributed by atoms with Crippen molar-refractivity contribution in [1.82, 2.24) is 0 Å². The number of nitro benzene ring substituents is 2. The Hall–Kier alpha value is -3.36. The first-order chi connectivity index (χ1) is 13.0. The largest absolute Gasteiger partial charge is 0.486 e. The molecule has 0 bridgehead atoms. The van der Waals surface area contributed by atoms with Crippen LogP contribution in [0.25, 0.3) is 0 Å². The van der Waals surface area contributed by atoms with Crippen LogP contribution in [-0.4, -0.2) is 23.1 Å². The van der Waals surface area contributed by atoms with Crippen molar-refractivity contribution in [2.45, 2.75) is 18.9 Å². The average Bonchev–Trinajstić information content (AvgIpc) is 3.50. The van der Waals surface area contributed by atoms with Crippen LogP contribution in [0.4, 0.5) is 17.1 Å². The molecule has 140 valence electrons. The van der Waals surface area contributed by atoms with E-state index in [9.17, 15) is 20.2 Å². The van der Waals surface area contributed by atoms with Crippen molar-refractivity contribution in [3.05, 3.63) is 62.2 Å². The first-order valence-corrected chi connectivity index (χ1v) is 8.62. The lowest BCUT2D eigenvalue weighted by Crippen LogP contribution is -2.17. The summed E-state index contributed by atoms with van der Waals surface area (Å²) in [7, 11) is 0. The third-order valence-corrected chi connectivity index (χ3v) is 4.72. The van der Waals surface area contributed by atoms with Crippen LogP contribution in [0.15, 0.2) is 36.4 Å². The monoisotopic (exact) mass is 371 g/mol. The highest BCUT2D eigenvalue weighted by molar-refractivity contribution is 5.66. The molecule has 0 saturated heterocycles. The minimum atomic E-state index is -0.643. The Morgan fingerprint density at radius 2 is 1.70 bits per heavy atom. The molecule has 0 aromatic heterocycles. The second kappa shape index (κ2) is 6.75. The summed E-state index contributed by atoms with van der Waals surface area (Å²) in [4.78, 5) is 21.1. The van der Waals surface area contributed by atoms with Crippen LogP contribution in [0.3, 0.4) is 0 Å². The summed E-state index contributed by atoms with van der Waals surface area (Å²) < 4.78 is 11.2. The lowest BCUT2D eigenvalue weighted by atomic mass is 10.0. The lowest BCUT2D eigenvalue weighted by Gasteiger charge is -2.23. The molecule has 1 aliphatic heterocycles. The SMILES string of the molecule is O=[N+]([O-])c1ccc(NC(c2ccc3c(c2)OCCO3)C2CC2)c([N+](=O)[O-])c1. The third-order valence-electron chi connectivity index (χ3n) is 4.72. The number of ether oxygens (including phenoxy) is 2. The van der Waals surface area contributed by atoms with E-state index in [1.54, 1.807) is 0 Å². The van der Waals surface area contributed by atoms with Gasteiger partial charge in [0.15, 0.2) is 11.5 Å². The van der Waals surface area contributed by atoms with Crippen LogP contribution in [0.1, 0.15) is 24.4 Å². The molecule has 0 radical (unpaired) electrons. The van der Waals surface area contributed by atoms with Crippen molar-refractivity contribution >= 4 is 17.1 Å². The summed E-state index contributed by atoms with van der Waals surface area (Å²) >= 11 is 0. The van der Waals surface area contributed by atoms with E-state index in [1.165, 1.54) is 12.1 Å². The van der Waals surface area contributed by atoms with Gasteiger partial charge in [-0.2, -0.15) is 0 Å². The van der Waals surface area contributed by atoms with Crippen LogP contribution in [0.5, 0.6) is 11.5 Å². The Balaban J connectivity index is 1.67. The number of nitro groups is 2. The zero-order valence-electron chi connectivity index (χ0n) is 14.3. The molecule has 1 unspecified atom stereocenters. The summed E-state index contributed by atoms with van der Waals surface area (Å²) in [5.41, 5.74) is 0.578. The summed E-state index contributed by atoms with van der Waals surface area (Å²) in [6.45, 7) is 0.984. The molecule has 1 heterocycles. The van der Waals surface area contributed by atoms with Gasteiger partial charge in [0.1, 0.15) is 18.9 Å². The number of benzene rings is 2. The van der Waals surface area contributed by atoms with Gasteiger partial charge in [0, 0.05) is 6.07 Å². The molecule has 1 fully saturated rings. The van der Waals surface area contributed by atoms with Crippen LogP contribution >= 0.6 is 0 Å². The van der Waals surface area contributed by atoms with E-state index in [-0.39, 0.29) is 23.1 Å². The molecule has 0 spiro atoms. The fourth-order valence-electron chi connectivity index (χ4n) is 3.23. The number of non-ortho nitro benzene ring substituents is 1. The van der Waals surface area contributed by atoms with Gasteiger partial charge in [-0.3, -0.25) is 20.2 Å². The van der Waals surface area contributed by atoms with Gasteiger partial charge in [-0.05, 0) is 42.5 Å². The van der Waals surface area contributed by atoms with E-state index in [0.717, 1.165) is 24.5 Å². The van der Waals surface area contributed by atoms with Crippen molar-refractivity contribution in [3.8, 4) is 11.5 Å². The van der Waals surface area contributed by atoms with Crippen LogP contribution in [0.2, 0.25) is 0 Å². The van der Waals surface area contributed by atoms with Crippen molar-refractivity contribution in [2.24, 2.45) is 5.92 Å². The second-order valence-electron chi connectivity index (χ2n) is 6.58. The third kappa shape index (κ3) is 3.48. The highest BCUT2D eigenvalue weighted by Crippen LogP contribution is 2.46. The number of hydrogen-bond acceptors (Lipinski definition) is 7. The summed E-state index contributed by atoms with van der Waals surface area (Å²) in [6, 6.07) is 9.14. The van der Waals surface area contributed by atoms with E-state index in [2.05, 4.69) is 5.32 Å². The number of anilines is 1. The fourth-order valence-corrected chi connectivity index (χ4v) is 3.23. The predicted octanol–water partition coefficient (Wildman–Crippen LogP) is 3.84. The molecule has 0 amide bonds. The Morgan fingerprint density at radius 1 is 0.963 bits per heavy atom. The number of nitrogens with zero attached hydrogens (tertiary/aromatic N) is 2. The number of rotatable bonds is 6. The maximum atomic E-state index is 11.4. The van der Waals surface area contributed by atoms with Crippen molar-refractivity contribution < 1.29 is 19.3 Å². The van der Waals surface area contributed by atoms with Crippen LogP contribution in [0, 0.1) is 26.1 Å². The molecule has 1 aliphatic carbocycles. The van der Waals surface area contributed by atoms with Crippen molar-refractivity contribution in [1.29, 1.82) is 0 Å². The van der Waals surface area contributed by atoms with E-state index in [0.29, 0.717) is 30.6 Å². The quantitative estimate of drug-likeness (QED) is 0.605. The minimum Gasteiger partial charge on any atom is -0.486 e. The molecule has 27 heavy (non-hydrogen) atoms. The molecular formula is C18H17N3O6. The molecule has 2 aromatic carbocycles. The maximum absolute atomic E-state index is 11.4. The Morgan fingerprint density at radius 3 is 2.37 bits per heavy atom. The summed E-state index contributed by atoms with van der Waals surface area (Å²) in [5.74, 6) is 1.67. The van der Waals surface area contributed by atoms with Crippen LogP contribution in [-0.2, 0) is 0 Å². The molecule has 1 saturated carbocycles. The van der Waals surface area contributed by atoms with Gasteiger partial charge in [-0.25, -0.2) is 0 Å². The van der Waals surface area contributed by atoms with E-state index >= 15 is 0 Å². The summed E-state index contributed by atoms with van der Waals surface area (Å²) in [6.07, 6.45) is 2.01. The van der Waals surface area contributed by atoms with Gasteiger partial charge in [-0.1, -0.05) is 6.07 Å². The smallest absolute Gasteiger partial charge is 0.299 e. The Kier molecular flexibility index (Phi) is 4.27. The molecule has 9 nitrogen and oxygen atoms in total. The van der Waals surface area contributed by atoms with Gasteiger partial charge in [0.05, 0.1) is 22.0 Å². The van der Waals surface area contributed by atoms with Gasteiger partial charge in [0.25, 0.3) is 11.4 Å². The van der Waals surface area contributed by atoms with Gasteiger partial charge >= 0.3 is 0 Å². The number of fused-ring (bicyclic) bond motifs is 1. The number of hydrogen-bond donors (Lipinski definition) is 1. The first kappa shape index (κ1) is 17.1. The summed E-state index contributed by atoms with van der Waals surface area (Å²) in [5, 5.41) is 25.5. The van der Waals surface area contributed by atoms with E-state index in [1.807, 2.05) is 18.2 Å². The van der Waals surface area contributed by atoms with E-state index < -0.39 is 9.85 Å². The Bertz CT molecular complexity index is 912. The fraction of sp³-hybridized carbons (Fsp3) is 0.333. The Labute approximate surface area is 154 Å². The molecule has 9 heteroatoms. The molecule has 1 atom stereocenters. The van der Waals surface area contributed by atoms with E-state index in [4.69, 9.17) is 9.47 Å². The topological polar surface area (TPSA) is 117 Å². The maximum Gasteiger partial charge on any atom is 0.299 e. The van der Waals surface area contributed by atoms with Crippen molar-refractivity contribution in [3.63, 3.8) is 0 Å². The predicted molar refractivity (Wildman–Crippen MR) is 96.3 cm³/mol. The average molecular weight is 371 g/mol. The highest BCUT2D eigenvalue weighted by Gasteiger charge is 2.34. The molecule has 2 aliphatic rings. The van der Waals surface area contributed by atoms with Gasteiger partial charge < -0.3 is 14.8 Å².